The molecule has 0 bridgehead atoms. The molecule has 268 valence electrons. The second-order valence-electron chi connectivity index (χ2n) is 9.90. The molecule has 18 heteroatoms. The Labute approximate surface area is 308 Å². The van der Waals surface area contributed by atoms with Gasteiger partial charge in [0.05, 0.1) is 17.9 Å². The van der Waals surface area contributed by atoms with Gasteiger partial charge < -0.3 is 43.2 Å². The third-order valence-corrected chi connectivity index (χ3v) is 8.50. The van der Waals surface area contributed by atoms with E-state index in [9.17, 15) is 36.1 Å². The van der Waals surface area contributed by atoms with Crippen LogP contribution in [0.3, 0.4) is 0 Å². The van der Waals surface area contributed by atoms with E-state index in [4.69, 9.17) is 22.3 Å². The molecule has 2 aromatic carbocycles. The normalized spacial score (nSPS) is 9.69. The maximum atomic E-state index is 11.2. The predicted molar refractivity (Wildman–Crippen MR) is 199 cm³/mol. The zero-order valence-electron chi connectivity index (χ0n) is 28.1. The minimum atomic E-state index is -0.303. The number of benzene rings is 2. The molecule has 2 aromatic heterocycles. The first-order chi connectivity index (χ1) is 25.0. The molecule has 12 N–H and O–H groups in total. The zero-order valence-corrected chi connectivity index (χ0v) is 29.8. The molecular weight excluding hydrogens is 705 g/mol. The predicted octanol–water partition coefficient (Wildman–Crippen LogP) is 2.79. The molecule has 52 heavy (non-hydrogen) atoms. The molecule has 4 aromatic rings. The number of aromatic hydroxyl groups is 2. The minimum Gasteiger partial charge on any atom is -0.508 e. The lowest BCUT2D eigenvalue weighted by Crippen LogP contribution is -2.34. The van der Waals surface area contributed by atoms with Crippen LogP contribution in [0.2, 0.25) is 0 Å². The highest BCUT2D eigenvalue weighted by atomic mass is 32.2. The van der Waals surface area contributed by atoms with Crippen LogP contribution < -0.4 is 33.2 Å². The molecule has 0 radical (unpaired) electrons. The Balaban J connectivity index is 0.000000330. The quantitative estimate of drug-likeness (QED) is 0.0641. The van der Waals surface area contributed by atoms with Crippen molar-refractivity contribution >= 4 is 41.2 Å². The number of pyridine rings is 2. The van der Waals surface area contributed by atoms with Crippen LogP contribution in [0, 0.1) is 45.3 Å². The van der Waals surface area contributed by atoms with Crippen molar-refractivity contribution in [3.05, 3.63) is 70.8 Å². The fraction of sp³-hybridized carbons (Fsp3) is 0.206. The Morgan fingerprint density at radius 1 is 0.731 bits per heavy atom. The Morgan fingerprint density at radius 2 is 1.12 bits per heavy atom. The van der Waals surface area contributed by atoms with Gasteiger partial charge in [0.1, 0.15) is 68.6 Å². The van der Waals surface area contributed by atoms with Crippen molar-refractivity contribution in [2.45, 2.75) is 10.1 Å². The summed E-state index contributed by atoms with van der Waals surface area (Å²) in [6, 6.07) is 20.2. The van der Waals surface area contributed by atoms with Gasteiger partial charge >= 0.3 is 6.03 Å². The average Bonchev–Trinajstić information content (AvgIpc) is 3.16. The number of rotatable bonds is 10. The van der Waals surface area contributed by atoms with Gasteiger partial charge in [-0.1, -0.05) is 24.3 Å². The lowest BCUT2D eigenvalue weighted by Gasteiger charge is -2.13. The smallest absolute Gasteiger partial charge is 0.314 e. The first kappa shape index (κ1) is 41.9. The average molecular weight is 741 g/mol. The van der Waals surface area contributed by atoms with Crippen molar-refractivity contribution in [2.24, 2.45) is 5.73 Å². The number of nitrogens with two attached hydrogens (primary N) is 3. The number of amides is 2. The van der Waals surface area contributed by atoms with Crippen LogP contribution in [0.15, 0.2) is 58.6 Å². The lowest BCUT2D eigenvalue weighted by atomic mass is 9.97. The minimum absolute atomic E-state index is 0.0244. The summed E-state index contributed by atoms with van der Waals surface area (Å²) in [7, 11) is 3.20. The van der Waals surface area contributed by atoms with E-state index in [0.29, 0.717) is 56.9 Å². The lowest BCUT2D eigenvalue weighted by molar-refractivity contribution is 0.243. The highest BCUT2D eigenvalue weighted by Crippen LogP contribution is 2.37. The Bertz CT molecular complexity index is 2000. The summed E-state index contributed by atoms with van der Waals surface area (Å²) in [6.45, 7) is 0.872. The van der Waals surface area contributed by atoms with Gasteiger partial charge in [0.2, 0.25) is 0 Å². The summed E-state index contributed by atoms with van der Waals surface area (Å²) in [4.78, 5) is 19.5. The van der Waals surface area contributed by atoms with Crippen molar-refractivity contribution in [2.75, 3.05) is 56.9 Å². The number of hydrogen-bond donors (Lipinski definition) is 9. The summed E-state index contributed by atoms with van der Waals surface area (Å²) in [5.74, 6) is 1.32. The number of hydrogen-bond acceptors (Lipinski definition) is 16. The summed E-state index contributed by atoms with van der Waals surface area (Å²) in [5, 5.41) is 72.9. The van der Waals surface area contributed by atoms with E-state index in [-0.39, 0.29) is 58.2 Å². The molecule has 0 saturated carbocycles. The first-order valence-corrected chi connectivity index (χ1v) is 17.0. The number of aromatic nitrogens is 2. The molecular formula is C34H36N12O4S2. The van der Waals surface area contributed by atoms with Gasteiger partial charge in [-0.25, -0.2) is 14.8 Å². The van der Waals surface area contributed by atoms with Crippen molar-refractivity contribution in [3.63, 3.8) is 0 Å². The number of urea groups is 1. The molecule has 0 aliphatic heterocycles. The number of carbonyl (C=O) groups is 1. The topological polar surface area (TPSA) is 313 Å². The molecule has 2 amide bonds. The zero-order chi connectivity index (χ0) is 38.6. The largest absolute Gasteiger partial charge is 0.508 e. The van der Waals surface area contributed by atoms with Crippen LogP contribution in [0.5, 0.6) is 11.5 Å². The van der Waals surface area contributed by atoms with Crippen molar-refractivity contribution in [1.29, 1.82) is 21.0 Å². The standard InChI is InChI=1S/C17H16N6O2S.C15H13N5OS.C2H7NO/c1-21-17(25)22-6-7-26-16-13(9-19)14(12(8-18)15(20)23-16)10-2-4-11(24)5-3-10;16-5-6-22-15-12(8-18)13(11(7-17)14(19)20-15)9-1-3-10(21)4-2-9;1-3-2-4/h2-5,24H,6-7H2,1H3,(H2,20,23)(H2,21,22,25);1-4,21H,5-6,16H2,(H2,19,20);3-4H,2H2,1H3. The molecule has 0 aliphatic rings. The molecule has 0 unspecified atom stereocenters. The summed E-state index contributed by atoms with van der Waals surface area (Å²) >= 11 is 2.57. The van der Waals surface area contributed by atoms with E-state index in [0.717, 1.165) is 0 Å². The van der Waals surface area contributed by atoms with Gasteiger partial charge in [0, 0.05) is 42.8 Å². The SMILES string of the molecule is CNC(=O)NCCSc1nc(N)c(C#N)c(-c2ccc(O)cc2)c1C#N.CNCO.N#Cc1c(N)nc(SCCN)c(C#N)c1-c1ccc(O)cc1. The van der Waals surface area contributed by atoms with Gasteiger partial charge in [-0.2, -0.15) is 21.0 Å². The van der Waals surface area contributed by atoms with Crippen LogP contribution in [-0.4, -0.2) is 76.7 Å². The number of nitrogens with zero attached hydrogens (tertiary/aromatic N) is 6. The third kappa shape index (κ3) is 11.4. The fourth-order valence-electron chi connectivity index (χ4n) is 4.19. The van der Waals surface area contributed by atoms with E-state index >= 15 is 0 Å². The molecule has 16 nitrogen and oxygen atoms in total. The fourth-order valence-corrected chi connectivity index (χ4v) is 5.81. The third-order valence-electron chi connectivity index (χ3n) is 6.51. The maximum absolute atomic E-state index is 11.2. The second-order valence-corrected chi connectivity index (χ2v) is 12.1. The Kier molecular flexibility index (Phi) is 17.5. The number of phenols is 2. The molecule has 0 atom stereocenters. The summed E-state index contributed by atoms with van der Waals surface area (Å²) in [5.41, 5.74) is 20.0. The number of aliphatic hydroxyl groups excluding tert-OH is 1. The van der Waals surface area contributed by atoms with E-state index in [1.165, 1.54) is 54.8 Å². The highest BCUT2D eigenvalue weighted by Gasteiger charge is 2.21. The van der Waals surface area contributed by atoms with Crippen molar-refractivity contribution < 1.29 is 20.1 Å². The molecule has 0 aliphatic carbocycles. The molecule has 0 fully saturated rings. The molecule has 0 saturated heterocycles. The summed E-state index contributed by atoms with van der Waals surface area (Å²) < 4.78 is 0. The van der Waals surface area contributed by atoms with E-state index in [2.05, 4.69) is 38.1 Å². The number of anilines is 2. The Morgan fingerprint density at radius 3 is 1.44 bits per heavy atom. The van der Waals surface area contributed by atoms with Gasteiger partial charge in [-0.15, -0.1) is 23.5 Å². The molecule has 2 heterocycles. The van der Waals surface area contributed by atoms with Crippen LogP contribution in [0.1, 0.15) is 22.3 Å². The number of carbonyl (C=O) groups excluding carboxylic acids is 1. The van der Waals surface area contributed by atoms with Gasteiger partial charge in [0.15, 0.2) is 0 Å². The van der Waals surface area contributed by atoms with Crippen molar-refractivity contribution in [1.82, 2.24) is 25.9 Å². The second kappa shape index (κ2) is 21.8. The number of nitriles is 4. The number of nitrogen functional groups attached to an aromatic ring is 2. The number of aliphatic hydroxyl groups is 1. The summed E-state index contributed by atoms with van der Waals surface area (Å²) in [6.07, 6.45) is 0. The number of phenolic OH excluding ortho intramolecular Hbond substituents is 2. The van der Waals surface area contributed by atoms with Crippen molar-refractivity contribution in [3.8, 4) is 58.0 Å². The maximum Gasteiger partial charge on any atom is 0.314 e. The highest BCUT2D eigenvalue weighted by molar-refractivity contribution is 7.99. The number of nitrogens with one attached hydrogen (secondary N) is 3. The van der Waals surface area contributed by atoms with Crippen LogP contribution in [0.4, 0.5) is 16.4 Å². The monoisotopic (exact) mass is 740 g/mol. The van der Waals surface area contributed by atoms with Gasteiger partial charge in [-0.3, -0.25) is 5.32 Å². The van der Waals surface area contributed by atoms with E-state index in [1.54, 1.807) is 31.3 Å². The molecule has 0 spiro atoms. The van der Waals surface area contributed by atoms with E-state index < -0.39 is 0 Å². The van der Waals surface area contributed by atoms with Crippen LogP contribution >= 0.6 is 23.5 Å². The van der Waals surface area contributed by atoms with Crippen LogP contribution in [-0.2, 0) is 0 Å². The number of thioether (sulfide) groups is 2. The Hall–Kier alpha value is -6.25. The van der Waals surface area contributed by atoms with Gasteiger partial charge in [-0.05, 0) is 42.4 Å². The first-order valence-electron chi connectivity index (χ1n) is 15.1. The van der Waals surface area contributed by atoms with Crippen LogP contribution in [0.25, 0.3) is 22.3 Å². The van der Waals surface area contributed by atoms with E-state index in [1.807, 2.05) is 12.1 Å². The molecule has 4 rings (SSSR count). The van der Waals surface area contributed by atoms with Gasteiger partial charge in [0.25, 0.3) is 0 Å².